The third-order valence-electron chi connectivity index (χ3n) is 4.08. The normalized spacial score (nSPS) is 14.5. The Kier molecular flexibility index (Phi) is 9.52. The zero-order valence-corrected chi connectivity index (χ0v) is 16.5. The summed E-state index contributed by atoms with van der Waals surface area (Å²) in [7, 11) is -3.28. The number of hydrogen-bond acceptors (Lipinski definition) is 6. The first kappa shape index (κ1) is 23.5. The second kappa shape index (κ2) is 11.3. The number of carbonyl (C=O) groups excluding carboxylic acids is 1. The number of carboxylic acids is 2. The minimum Gasteiger partial charge on any atom is -0.473 e. The maximum atomic E-state index is 12.3. The van der Waals surface area contributed by atoms with E-state index >= 15 is 0 Å². The predicted molar refractivity (Wildman–Crippen MR) is 99.8 cm³/mol. The Labute approximate surface area is 163 Å². The summed E-state index contributed by atoms with van der Waals surface area (Å²) < 4.78 is 26.2. The largest absolute Gasteiger partial charge is 0.473 e. The Morgan fingerprint density at radius 1 is 1.07 bits per heavy atom. The highest BCUT2D eigenvalue weighted by atomic mass is 32.2. The number of aliphatic carboxylic acids is 2. The Bertz CT molecular complexity index is 750. The van der Waals surface area contributed by atoms with Crippen LogP contribution in [0.1, 0.15) is 31.7 Å². The van der Waals surface area contributed by atoms with Crippen LogP contribution >= 0.6 is 0 Å². The summed E-state index contributed by atoms with van der Waals surface area (Å²) >= 11 is 0. The third kappa shape index (κ3) is 8.44. The molecule has 1 amide bonds. The molecule has 0 aromatic carbocycles. The third-order valence-corrected chi connectivity index (χ3v) is 5.93. The highest BCUT2D eigenvalue weighted by Gasteiger charge is 2.25. The number of piperidine rings is 1. The number of aromatic nitrogens is 1. The van der Waals surface area contributed by atoms with E-state index in [0.29, 0.717) is 19.6 Å². The average Bonchev–Trinajstić information content (AvgIpc) is 2.67. The number of nitrogens with zero attached hydrogens (tertiary/aromatic N) is 3. The fraction of sp³-hybridized carbons (Fsp3) is 0.529. The molecule has 1 aliphatic rings. The van der Waals surface area contributed by atoms with Crippen molar-refractivity contribution in [2.75, 3.05) is 25.4 Å². The van der Waals surface area contributed by atoms with E-state index in [9.17, 15) is 13.2 Å². The Morgan fingerprint density at radius 2 is 1.61 bits per heavy atom. The Morgan fingerprint density at radius 3 is 2.07 bits per heavy atom. The van der Waals surface area contributed by atoms with Crippen LogP contribution in [0.3, 0.4) is 0 Å². The zero-order chi connectivity index (χ0) is 21.2. The van der Waals surface area contributed by atoms with Gasteiger partial charge in [0.05, 0.1) is 5.75 Å². The van der Waals surface area contributed by atoms with Crippen LogP contribution < -0.4 is 0 Å². The lowest BCUT2D eigenvalue weighted by Gasteiger charge is -2.27. The molecule has 1 aromatic rings. The zero-order valence-electron chi connectivity index (χ0n) is 15.7. The molecular weight excluding hydrogens is 390 g/mol. The molecule has 0 aliphatic carbocycles. The minimum absolute atomic E-state index is 0.0162. The summed E-state index contributed by atoms with van der Waals surface area (Å²) in [5.41, 5.74) is 0.945. The van der Waals surface area contributed by atoms with E-state index in [2.05, 4.69) is 4.98 Å². The molecule has 0 saturated carbocycles. The summed E-state index contributed by atoms with van der Waals surface area (Å²) in [6.45, 7) is 3.30. The van der Waals surface area contributed by atoms with E-state index in [4.69, 9.17) is 19.8 Å². The smallest absolute Gasteiger partial charge is 0.414 e. The minimum atomic E-state index is -3.28. The molecule has 0 atom stereocenters. The number of rotatable bonds is 6. The second-order valence-electron chi connectivity index (χ2n) is 6.18. The first-order chi connectivity index (χ1) is 13.1. The van der Waals surface area contributed by atoms with Gasteiger partial charge < -0.3 is 15.1 Å². The molecule has 1 fully saturated rings. The first-order valence-corrected chi connectivity index (χ1v) is 10.3. The van der Waals surface area contributed by atoms with Crippen molar-refractivity contribution in [2.45, 2.75) is 32.7 Å². The van der Waals surface area contributed by atoms with Gasteiger partial charge in [0.15, 0.2) is 0 Å². The van der Waals surface area contributed by atoms with Gasteiger partial charge in [0.1, 0.15) is 0 Å². The van der Waals surface area contributed by atoms with Gasteiger partial charge >= 0.3 is 11.9 Å². The highest BCUT2D eigenvalue weighted by Crippen LogP contribution is 2.14. The molecule has 156 valence electrons. The molecule has 28 heavy (non-hydrogen) atoms. The number of pyridine rings is 1. The van der Waals surface area contributed by atoms with Gasteiger partial charge in [-0.15, -0.1) is 0 Å². The van der Waals surface area contributed by atoms with Crippen molar-refractivity contribution in [3.8, 4) is 0 Å². The number of amides is 1. The summed E-state index contributed by atoms with van der Waals surface area (Å²) in [6.07, 6.45) is 6.27. The van der Waals surface area contributed by atoms with E-state index in [0.717, 1.165) is 24.8 Å². The van der Waals surface area contributed by atoms with E-state index in [1.807, 2.05) is 12.1 Å². The molecule has 11 heteroatoms. The molecule has 0 bridgehead atoms. The van der Waals surface area contributed by atoms with Gasteiger partial charge in [0.2, 0.25) is 15.9 Å². The van der Waals surface area contributed by atoms with Crippen LogP contribution in [-0.4, -0.2) is 76.1 Å². The molecule has 2 heterocycles. The molecule has 2 N–H and O–H groups in total. The van der Waals surface area contributed by atoms with Crippen molar-refractivity contribution >= 4 is 27.9 Å². The van der Waals surface area contributed by atoms with Crippen LogP contribution in [0.25, 0.3) is 0 Å². The van der Waals surface area contributed by atoms with Crippen molar-refractivity contribution < 1.29 is 33.0 Å². The molecule has 10 nitrogen and oxygen atoms in total. The number of carboxylic acid groups (broad SMARTS) is 2. The Hall–Kier alpha value is -2.53. The monoisotopic (exact) mass is 415 g/mol. The summed E-state index contributed by atoms with van der Waals surface area (Å²) in [6, 6.07) is 3.66. The molecule has 0 unspecified atom stereocenters. The first-order valence-electron chi connectivity index (χ1n) is 8.72. The average molecular weight is 415 g/mol. The summed E-state index contributed by atoms with van der Waals surface area (Å²) in [4.78, 5) is 35.4. The van der Waals surface area contributed by atoms with Crippen molar-refractivity contribution in [2.24, 2.45) is 0 Å². The lowest BCUT2D eigenvalue weighted by Crippen LogP contribution is -2.41. The molecule has 1 aromatic heterocycles. The van der Waals surface area contributed by atoms with Gasteiger partial charge in [-0.25, -0.2) is 22.3 Å². The Balaban J connectivity index is 0.000000568. The number of hydrogen-bond donors (Lipinski definition) is 2. The molecule has 2 rings (SSSR count). The summed E-state index contributed by atoms with van der Waals surface area (Å²) in [5.74, 6) is -3.78. The van der Waals surface area contributed by atoms with Gasteiger partial charge in [0.25, 0.3) is 0 Å². The van der Waals surface area contributed by atoms with Crippen LogP contribution in [0.4, 0.5) is 0 Å². The predicted octanol–water partition coefficient (Wildman–Crippen LogP) is 0.401. The lowest BCUT2D eigenvalue weighted by atomic mass is 10.2. The maximum Gasteiger partial charge on any atom is 0.414 e. The van der Waals surface area contributed by atoms with Crippen LogP contribution in [0, 0.1) is 0 Å². The molecule has 1 aliphatic heterocycles. The van der Waals surface area contributed by atoms with Gasteiger partial charge in [-0.05, 0) is 30.5 Å². The molecule has 1 saturated heterocycles. The van der Waals surface area contributed by atoms with E-state index < -0.39 is 22.0 Å². The molecule has 0 spiro atoms. The van der Waals surface area contributed by atoms with Crippen LogP contribution in [0.5, 0.6) is 0 Å². The second-order valence-corrected chi connectivity index (χ2v) is 8.27. The van der Waals surface area contributed by atoms with Crippen molar-refractivity contribution in [3.05, 3.63) is 30.1 Å². The van der Waals surface area contributed by atoms with E-state index in [1.54, 1.807) is 21.6 Å². The lowest BCUT2D eigenvalue weighted by molar-refractivity contribution is -0.159. The van der Waals surface area contributed by atoms with Crippen LogP contribution in [0.15, 0.2) is 24.5 Å². The highest BCUT2D eigenvalue weighted by molar-refractivity contribution is 7.89. The SMILES string of the molecule is CC(=O)N(CCS(=O)(=O)N1CCCCC1)Cc1ccncc1.O=C(O)C(=O)O. The fourth-order valence-corrected chi connectivity index (χ4v) is 4.08. The van der Waals surface area contributed by atoms with Crippen molar-refractivity contribution in [1.29, 1.82) is 0 Å². The quantitative estimate of drug-likeness (QED) is 0.635. The van der Waals surface area contributed by atoms with Gasteiger partial charge in [-0.3, -0.25) is 9.78 Å². The maximum absolute atomic E-state index is 12.3. The van der Waals surface area contributed by atoms with E-state index in [1.165, 1.54) is 6.92 Å². The van der Waals surface area contributed by atoms with Crippen LogP contribution in [-0.2, 0) is 31.0 Å². The van der Waals surface area contributed by atoms with Crippen LogP contribution in [0.2, 0.25) is 0 Å². The van der Waals surface area contributed by atoms with Crippen molar-refractivity contribution in [3.63, 3.8) is 0 Å². The molecule has 0 radical (unpaired) electrons. The van der Waals surface area contributed by atoms with Gasteiger partial charge in [-0.2, -0.15) is 0 Å². The van der Waals surface area contributed by atoms with Gasteiger partial charge in [-0.1, -0.05) is 6.42 Å². The number of sulfonamides is 1. The number of carbonyl (C=O) groups is 3. The van der Waals surface area contributed by atoms with E-state index in [-0.39, 0.29) is 18.2 Å². The van der Waals surface area contributed by atoms with Crippen molar-refractivity contribution in [1.82, 2.24) is 14.2 Å². The molecular formula is C17H25N3O7S. The van der Waals surface area contributed by atoms with Gasteiger partial charge in [0, 0.05) is 45.5 Å². The topological polar surface area (TPSA) is 145 Å². The standard InChI is InChI=1S/C15H23N3O3S.C2H2O4/c1-14(19)17(13-15-5-7-16-8-6-15)11-12-22(20,21)18-9-3-2-4-10-18;3-1(4)2(5)6/h5-8H,2-4,9-13H2,1H3;(H,3,4)(H,5,6). The summed E-state index contributed by atoms with van der Waals surface area (Å²) in [5, 5.41) is 14.8. The fourth-order valence-electron chi connectivity index (χ4n) is 2.55.